The molecule has 3 atom stereocenters. The second-order valence-corrected chi connectivity index (χ2v) is 9.99. The molecule has 0 fully saturated rings. The van der Waals surface area contributed by atoms with E-state index in [2.05, 4.69) is 10.6 Å². The molecule has 0 saturated heterocycles. The monoisotopic (exact) mass is 532 g/mol. The summed E-state index contributed by atoms with van der Waals surface area (Å²) in [5.74, 6) is -2.57. The molecule has 1 aliphatic heterocycles. The summed E-state index contributed by atoms with van der Waals surface area (Å²) in [5.41, 5.74) is 2.23. The van der Waals surface area contributed by atoms with Gasteiger partial charge in [-0.25, -0.2) is 4.79 Å². The van der Waals surface area contributed by atoms with Gasteiger partial charge in [0, 0.05) is 23.4 Å². The zero-order valence-corrected chi connectivity index (χ0v) is 21.4. The van der Waals surface area contributed by atoms with Gasteiger partial charge in [0.1, 0.15) is 6.04 Å². The van der Waals surface area contributed by atoms with Crippen LogP contribution in [0.1, 0.15) is 39.8 Å². The van der Waals surface area contributed by atoms with Crippen molar-refractivity contribution < 1.29 is 29.0 Å². The van der Waals surface area contributed by atoms with Crippen LogP contribution in [0.25, 0.3) is 0 Å². The Morgan fingerprint density at radius 3 is 2.26 bits per heavy atom. The minimum absolute atomic E-state index is 0.0570. The standard InChI is InChI=1S/C29H28N2O6S/c32-25(33)16-15-24(27(35)30-21-11-5-2-6-12-21)31-26(34)20(17-19-9-3-1-4-10-19)18-38-29-23-14-8-7-13-22(23)28(36)37-29/h1-14,20,24,29H,15-18H2,(H,30,35)(H,31,34)(H,32,33)/t20-,24+,29?/m1/s1. The number of carboxylic acid groups (broad SMARTS) is 1. The van der Waals surface area contributed by atoms with Crippen molar-refractivity contribution in [3.63, 3.8) is 0 Å². The van der Waals surface area contributed by atoms with Crippen LogP contribution in [0.5, 0.6) is 0 Å². The number of aliphatic carboxylic acids is 1. The fraction of sp³-hybridized carbons (Fsp3) is 0.241. The van der Waals surface area contributed by atoms with Gasteiger partial charge in [-0.05, 0) is 36.6 Å². The van der Waals surface area contributed by atoms with Crippen molar-refractivity contribution in [1.82, 2.24) is 5.32 Å². The van der Waals surface area contributed by atoms with Crippen LogP contribution < -0.4 is 10.6 Å². The number of benzene rings is 3. The van der Waals surface area contributed by atoms with E-state index in [-0.39, 0.29) is 18.7 Å². The largest absolute Gasteiger partial charge is 0.481 e. The molecule has 2 amide bonds. The lowest BCUT2D eigenvalue weighted by Crippen LogP contribution is -2.47. The minimum Gasteiger partial charge on any atom is -0.481 e. The van der Waals surface area contributed by atoms with E-state index in [1.54, 1.807) is 36.4 Å². The number of anilines is 1. The summed E-state index contributed by atoms with van der Waals surface area (Å²) in [6.45, 7) is 0. The van der Waals surface area contributed by atoms with Crippen LogP contribution in [0.4, 0.5) is 5.69 Å². The Bertz CT molecular complexity index is 1280. The fourth-order valence-electron chi connectivity index (χ4n) is 4.14. The minimum atomic E-state index is -1.06. The maximum Gasteiger partial charge on any atom is 0.340 e. The number of hydrogen-bond donors (Lipinski definition) is 3. The van der Waals surface area contributed by atoms with Crippen LogP contribution >= 0.6 is 11.8 Å². The number of carbonyl (C=O) groups is 4. The highest BCUT2D eigenvalue weighted by atomic mass is 32.2. The molecule has 8 nitrogen and oxygen atoms in total. The molecule has 0 spiro atoms. The van der Waals surface area contributed by atoms with Gasteiger partial charge in [0.25, 0.3) is 0 Å². The zero-order chi connectivity index (χ0) is 26.9. The molecule has 3 aromatic rings. The first-order valence-corrected chi connectivity index (χ1v) is 13.3. The molecule has 1 unspecified atom stereocenters. The number of para-hydroxylation sites is 1. The van der Waals surface area contributed by atoms with E-state index in [4.69, 9.17) is 4.74 Å². The van der Waals surface area contributed by atoms with Crippen molar-refractivity contribution in [1.29, 1.82) is 0 Å². The van der Waals surface area contributed by atoms with Gasteiger partial charge >= 0.3 is 11.9 Å². The summed E-state index contributed by atoms with van der Waals surface area (Å²) in [6.07, 6.45) is 0.0621. The molecule has 3 aromatic carbocycles. The highest BCUT2D eigenvalue weighted by Gasteiger charge is 2.33. The molecule has 0 bridgehead atoms. The molecule has 1 heterocycles. The van der Waals surface area contributed by atoms with Crippen molar-refractivity contribution in [2.24, 2.45) is 5.92 Å². The SMILES string of the molecule is O=C(O)CC[C@H](NC(=O)[C@@H](CSC1OC(=O)c2ccccc21)Cc1ccccc1)C(=O)Nc1ccccc1. The molecule has 196 valence electrons. The zero-order valence-electron chi connectivity index (χ0n) is 20.5. The molecular formula is C29H28N2O6S. The van der Waals surface area contributed by atoms with Crippen molar-refractivity contribution >= 4 is 41.2 Å². The van der Waals surface area contributed by atoms with Crippen LogP contribution in [-0.2, 0) is 25.5 Å². The Hall–Kier alpha value is -4.11. The predicted octanol–water partition coefficient (Wildman–Crippen LogP) is 4.44. The number of ether oxygens (including phenoxy) is 1. The Kier molecular flexibility index (Phi) is 9.16. The van der Waals surface area contributed by atoms with Crippen molar-refractivity contribution in [2.45, 2.75) is 30.7 Å². The summed E-state index contributed by atoms with van der Waals surface area (Å²) >= 11 is 1.34. The molecule has 0 saturated carbocycles. The van der Waals surface area contributed by atoms with Gasteiger partial charge in [0.2, 0.25) is 11.8 Å². The highest BCUT2D eigenvalue weighted by molar-refractivity contribution is 7.99. The van der Waals surface area contributed by atoms with Crippen molar-refractivity contribution in [3.05, 3.63) is 102 Å². The Balaban J connectivity index is 1.49. The molecule has 4 rings (SSSR count). The summed E-state index contributed by atoms with van der Waals surface area (Å²) < 4.78 is 5.53. The Morgan fingerprint density at radius 2 is 1.55 bits per heavy atom. The van der Waals surface area contributed by atoms with Crippen LogP contribution in [0.15, 0.2) is 84.9 Å². The van der Waals surface area contributed by atoms with Crippen molar-refractivity contribution in [2.75, 3.05) is 11.1 Å². The number of carboxylic acids is 1. The molecule has 9 heteroatoms. The van der Waals surface area contributed by atoms with Gasteiger partial charge < -0.3 is 20.5 Å². The number of rotatable bonds is 12. The maximum absolute atomic E-state index is 13.5. The van der Waals surface area contributed by atoms with Gasteiger partial charge in [-0.2, -0.15) is 0 Å². The van der Waals surface area contributed by atoms with E-state index in [1.165, 1.54) is 11.8 Å². The first-order chi connectivity index (χ1) is 18.4. The van der Waals surface area contributed by atoms with Crippen LogP contribution in [-0.4, -0.2) is 40.7 Å². The molecular weight excluding hydrogens is 504 g/mol. The normalized spacial score (nSPS) is 15.6. The third-order valence-corrected chi connectivity index (χ3v) is 7.36. The number of esters is 1. The number of nitrogens with one attached hydrogen (secondary N) is 2. The average Bonchev–Trinajstić information content (AvgIpc) is 3.25. The quantitative estimate of drug-likeness (QED) is 0.295. The lowest BCUT2D eigenvalue weighted by Gasteiger charge is -2.23. The summed E-state index contributed by atoms with van der Waals surface area (Å²) in [5, 5.41) is 14.7. The number of amides is 2. The van der Waals surface area contributed by atoms with Gasteiger partial charge in [-0.1, -0.05) is 66.7 Å². The highest BCUT2D eigenvalue weighted by Crippen LogP contribution is 2.39. The van der Waals surface area contributed by atoms with Gasteiger partial charge in [0.05, 0.1) is 11.5 Å². The molecule has 0 aliphatic carbocycles. The first-order valence-electron chi connectivity index (χ1n) is 12.2. The average molecular weight is 533 g/mol. The third-order valence-electron chi connectivity index (χ3n) is 6.11. The number of fused-ring (bicyclic) bond motifs is 1. The molecule has 0 aromatic heterocycles. The Morgan fingerprint density at radius 1 is 0.895 bits per heavy atom. The van der Waals surface area contributed by atoms with Crippen LogP contribution in [0.3, 0.4) is 0 Å². The van der Waals surface area contributed by atoms with Gasteiger partial charge in [-0.15, -0.1) is 11.8 Å². The summed E-state index contributed by atoms with van der Waals surface area (Å²) in [7, 11) is 0. The molecule has 38 heavy (non-hydrogen) atoms. The van der Waals surface area contributed by atoms with E-state index < -0.39 is 35.2 Å². The van der Waals surface area contributed by atoms with E-state index in [0.29, 0.717) is 23.4 Å². The lowest BCUT2D eigenvalue weighted by molar-refractivity contribution is -0.137. The van der Waals surface area contributed by atoms with Gasteiger partial charge in [-0.3, -0.25) is 14.4 Å². The van der Waals surface area contributed by atoms with Crippen LogP contribution in [0, 0.1) is 5.92 Å². The van der Waals surface area contributed by atoms with Crippen LogP contribution in [0.2, 0.25) is 0 Å². The molecule has 3 N–H and O–H groups in total. The second kappa shape index (κ2) is 12.9. The first kappa shape index (κ1) is 26.9. The summed E-state index contributed by atoms with van der Waals surface area (Å²) in [6, 6.07) is 24.4. The summed E-state index contributed by atoms with van der Waals surface area (Å²) in [4.78, 5) is 50.0. The topological polar surface area (TPSA) is 122 Å². The third kappa shape index (κ3) is 7.23. The maximum atomic E-state index is 13.5. The number of cyclic esters (lactones) is 1. The van der Waals surface area contributed by atoms with E-state index in [1.807, 2.05) is 48.5 Å². The van der Waals surface area contributed by atoms with Gasteiger partial charge in [0.15, 0.2) is 5.44 Å². The molecule has 1 aliphatic rings. The van der Waals surface area contributed by atoms with E-state index >= 15 is 0 Å². The number of hydrogen-bond acceptors (Lipinski definition) is 6. The lowest BCUT2D eigenvalue weighted by atomic mass is 9.99. The number of carbonyl (C=O) groups excluding carboxylic acids is 3. The smallest absolute Gasteiger partial charge is 0.340 e. The van der Waals surface area contributed by atoms with E-state index in [9.17, 15) is 24.3 Å². The Labute approximate surface area is 224 Å². The van der Waals surface area contributed by atoms with Crippen molar-refractivity contribution in [3.8, 4) is 0 Å². The number of thioether (sulfide) groups is 1. The fourth-order valence-corrected chi connectivity index (χ4v) is 5.36. The van der Waals surface area contributed by atoms with E-state index in [0.717, 1.165) is 11.1 Å². The predicted molar refractivity (Wildman–Crippen MR) is 145 cm³/mol. The molecule has 0 radical (unpaired) electrons. The second-order valence-electron chi connectivity index (χ2n) is 8.89.